The van der Waals surface area contributed by atoms with Crippen LogP contribution in [0.15, 0.2) is 53.9 Å². The average molecular weight is 429 g/mol. The second kappa shape index (κ2) is 9.45. The fourth-order valence-electron chi connectivity index (χ4n) is 2.40. The lowest BCUT2D eigenvalue weighted by atomic mass is 10.1. The van der Waals surface area contributed by atoms with Crippen LogP contribution >= 0.6 is 22.9 Å². The molecule has 2 aromatic carbocycles. The Hall–Kier alpha value is -3.03. The number of aromatic nitrogens is 1. The number of Topliss-reactive ketones (excluding diaryl/α,β-unsaturated/α-hetero) is 1. The number of amides is 1. The van der Waals surface area contributed by atoms with Gasteiger partial charge in [-0.1, -0.05) is 30.7 Å². The van der Waals surface area contributed by atoms with Crippen molar-refractivity contribution < 1.29 is 19.1 Å². The number of benzene rings is 2. The number of anilines is 1. The van der Waals surface area contributed by atoms with E-state index in [4.69, 9.17) is 16.3 Å². The van der Waals surface area contributed by atoms with Gasteiger partial charge in [0.2, 0.25) is 5.91 Å². The lowest BCUT2D eigenvalue weighted by Crippen LogP contribution is -2.15. The highest BCUT2D eigenvalue weighted by atomic mass is 35.5. The maximum Gasteiger partial charge on any atom is 0.358 e. The van der Waals surface area contributed by atoms with Gasteiger partial charge in [-0.15, -0.1) is 11.3 Å². The topological polar surface area (TPSA) is 85.4 Å². The first-order valence-electron chi connectivity index (χ1n) is 8.78. The molecule has 148 valence electrons. The lowest BCUT2D eigenvalue weighted by molar-refractivity contribution is -0.115. The fraction of sp³-hybridized carbons (Fsp3) is 0.143. The number of hydrogen-bond donors (Lipinski definition) is 1. The second-order valence-corrected chi connectivity index (χ2v) is 7.32. The molecule has 6 nitrogen and oxygen atoms in total. The number of carbonyl (C=O) groups is 3. The van der Waals surface area contributed by atoms with Crippen LogP contribution in [0.3, 0.4) is 0 Å². The smallest absolute Gasteiger partial charge is 0.358 e. The average Bonchev–Trinajstić information content (AvgIpc) is 3.22. The maximum absolute atomic E-state index is 12.2. The Morgan fingerprint density at radius 2 is 1.90 bits per heavy atom. The Balaban J connectivity index is 1.58. The summed E-state index contributed by atoms with van der Waals surface area (Å²) in [7, 11) is 0. The van der Waals surface area contributed by atoms with Gasteiger partial charge in [0.05, 0.1) is 0 Å². The Kier molecular flexibility index (Phi) is 6.74. The third-order valence-corrected chi connectivity index (χ3v) is 5.06. The summed E-state index contributed by atoms with van der Waals surface area (Å²) in [6.45, 7) is 1.35. The Morgan fingerprint density at radius 1 is 1.14 bits per heavy atom. The van der Waals surface area contributed by atoms with Gasteiger partial charge in [0.25, 0.3) is 0 Å². The molecule has 3 rings (SSSR count). The first-order valence-corrected chi connectivity index (χ1v) is 10.0. The summed E-state index contributed by atoms with van der Waals surface area (Å²) in [5.74, 6) is -1.13. The quantitative estimate of drug-likeness (QED) is 0.429. The van der Waals surface area contributed by atoms with E-state index in [1.165, 1.54) is 11.3 Å². The largest absolute Gasteiger partial charge is 0.453 e. The van der Waals surface area contributed by atoms with Crippen molar-refractivity contribution in [2.75, 3.05) is 11.9 Å². The number of thiazole rings is 1. The van der Waals surface area contributed by atoms with Crippen LogP contribution in [0.4, 0.5) is 5.69 Å². The first-order chi connectivity index (χ1) is 14.0. The van der Waals surface area contributed by atoms with Crippen LogP contribution in [0.5, 0.6) is 0 Å². The number of carbonyl (C=O) groups excluding carboxylic acids is 3. The number of halogens is 1. The molecule has 29 heavy (non-hydrogen) atoms. The lowest BCUT2D eigenvalue weighted by Gasteiger charge is -2.05. The Labute approximate surface area is 176 Å². The molecule has 0 aliphatic rings. The third kappa shape index (κ3) is 5.49. The summed E-state index contributed by atoms with van der Waals surface area (Å²) < 4.78 is 5.09. The fourth-order valence-corrected chi connectivity index (χ4v) is 3.38. The van der Waals surface area contributed by atoms with Crippen LogP contribution in [-0.2, 0) is 9.53 Å². The zero-order valence-corrected chi connectivity index (χ0v) is 17.0. The van der Waals surface area contributed by atoms with Crippen LogP contribution in [-0.4, -0.2) is 29.3 Å². The molecule has 1 aromatic heterocycles. The normalized spacial score (nSPS) is 10.4. The molecule has 3 aromatic rings. The van der Waals surface area contributed by atoms with Crippen molar-refractivity contribution in [3.63, 3.8) is 0 Å². The van der Waals surface area contributed by atoms with E-state index < -0.39 is 12.6 Å². The summed E-state index contributed by atoms with van der Waals surface area (Å²) in [5, 5.41) is 5.49. The van der Waals surface area contributed by atoms with Crippen molar-refractivity contribution in [1.82, 2.24) is 4.98 Å². The highest BCUT2D eigenvalue weighted by Crippen LogP contribution is 2.26. The molecule has 8 heteroatoms. The van der Waals surface area contributed by atoms with E-state index in [0.717, 1.165) is 5.56 Å². The maximum atomic E-state index is 12.2. The molecule has 0 radical (unpaired) electrons. The predicted octanol–water partition coefficient (Wildman–Crippen LogP) is 4.85. The van der Waals surface area contributed by atoms with E-state index in [9.17, 15) is 14.4 Å². The highest BCUT2D eigenvalue weighted by molar-refractivity contribution is 7.13. The van der Waals surface area contributed by atoms with Gasteiger partial charge in [0.15, 0.2) is 18.1 Å². The Bertz CT molecular complexity index is 1050. The zero-order chi connectivity index (χ0) is 20.8. The molecule has 0 unspecified atom stereocenters. The van der Waals surface area contributed by atoms with Crippen molar-refractivity contribution in [3.8, 4) is 10.6 Å². The number of esters is 1. The molecule has 0 fully saturated rings. The van der Waals surface area contributed by atoms with Crippen LogP contribution < -0.4 is 5.32 Å². The molecule has 0 bridgehead atoms. The van der Waals surface area contributed by atoms with Crippen molar-refractivity contribution in [2.24, 2.45) is 0 Å². The molecule has 0 saturated carbocycles. The number of nitrogens with zero attached hydrogens (tertiary/aromatic N) is 1. The van der Waals surface area contributed by atoms with E-state index >= 15 is 0 Å². The van der Waals surface area contributed by atoms with Gasteiger partial charge < -0.3 is 10.1 Å². The van der Waals surface area contributed by atoms with Crippen LogP contribution in [0, 0.1) is 0 Å². The predicted molar refractivity (Wildman–Crippen MR) is 113 cm³/mol. The van der Waals surface area contributed by atoms with Crippen LogP contribution in [0.2, 0.25) is 5.02 Å². The molecule has 1 heterocycles. The molecule has 1 N–H and O–H groups in total. The van der Waals surface area contributed by atoms with E-state index in [1.54, 1.807) is 54.8 Å². The van der Waals surface area contributed by atoms with Crippen LogP contribution in [0.25, 0.3) is 10.6 Å². The second-order valence-electron chi connectivity index (χ2n) is 6.03. The summed E-state index contributed by atoms with van der Waals surface area (Å²) in [5.41, 5.74) is 1.91. The van der Waals surface area contributed by atoms with Gasteiger partial charge in [0, 0.05) is 33.6 Å². The monoisotopic (exact) mass is 428 g/mol. The highest BCUT2D eigenvalue weighted by Gasteiger charge is 2.16. The summed E-state index contributed by atoms with van der Waals surface area (Å²) >= 11 is 7.26. The molecular weight excluding hydrogens is 412 g/mol. The van der Waals surface area contributed by atoms with Gasteiger partial charge >= 0.3 is 5.97 Å². The minimum atomic E-state index is -0.672. The van der Waals surface area contributed by atoms with E-state index in [-0.39, 0.29) is 17.4 Å². The number of ether oxygens (including phenoxy) is 1. The van der Waals surface area contributed by atoms with Crippen molar-refractivity contribution >= 4 is 46.3 Å². The summed E-state index contributed by atoms with van der Waals surface area (Å²) in [4.78, 5) is 40.1. The number of hydrogen-bond acceptors (Lipinski definition) is 6. The molecule has 0 aliphatic carbocycles. The molecule has 1 amide bonds. The first kappa shape index (κ1) is 20.7. The number of ketones is 1. The molecule has 0 aliphatic heterocycles. The van der Waals surface area contributed by atoms with Gasteiger partial charge in [-0.25, -0.2) is 9.78 Å². The van der Waals surface area contributed by atoms with Gasteiger partial charge in [0.1, 0.15) is 5.01 Å². The summed E-state index contributed by atoms with van der Waals surface area (Å²) in [6, 6.07) is 13.5. The van der Waals surface area contributed by atoms with E-state index in [0.29, 0.717) is 27.7 Å². The molecular formula is C21H17ClN2O4S. The van der Waals surface area contributed by atoms with E-state index in [2.05, 4.69) is 10.3 Å². The minimum Gasteiger partial charge on any atom is -0.453 e. The summed E-state index contributed by atoms with van der Waals surface area (Å²) in [6.07, 6.45) is 0.367. The standard InChI is InChI=1S/C21H17ClN2O4S/c1-2-19(26)23-16-8-6-13(7-9-16)18(25)11-28-21(27)17-12-29-20(24-17)14-4-3-5-15(22)10-14/h3-10,12H,2,11H2,1H3,(H,23,26). The number of rotatable bonds is 7. The number of nitrogens with one attached hydrogen (secondary N) is 1. The third-order valence-electron chi connectivity index (χ3n) is 3.93. The van der Waals surface area contributed by atoms with Gasteiger partial charge in [-0.05, 0) is 36.4 Å². The van der Waals surface area contributed by atoms with Gasteiger partial charge in [-0.2, -0.15) is 0 Å². The molecule has 0 atom stereocenters. The Morgan fingerprint density at radius 3 is 2.59 bits per heavy atom. The van der Waals surface area contributed by atoms with Crippen molar-refractivity contribution in [2.45, 2.75) is 13.3 Å². The molecule has 0 saturated heterocycles. The van der Waals surface area contributed by atoms with E-state index in [1.807, 2.05) is 6.07 Å². The zero-order valence-electron chi connectivity index (χ0n) is 15.5. The van der Waals surface area contributed by atoms with Gasteiger partial charge in [-0.3, -0.25) is 9.59 Å². The SMILES string of the molecule is CCC(=O)Nc1ccc(C(=O)COC(=O)c2csc(-c3cccc(Cl)c3)n2)cc1. The van der Waals surface area contributed by atoms with Crippen molar-refractivity contribution in [1.29, 1.82) is 0 Å². The van der Waals surface area contributed by atoms with Crippen LogP contribution in [0.1, 0.15) is 34.2 Å². The molecule has 0 spiro atoms. The minimum absolute atomic E-state index is 0.113. The van der Waals surface area contributed by atoms with Crippen molar-refractivity contribution in [3.05, 3.63) is 70.2 Å².